The van der Waals surface area contributed by atoms with E-state index in [1.54, 1.807) is 6.92 Å². The quantitative estimate of drug-likeness (QED) is 0.473. The summed E-state index contributed by atoms with van der Waals surface area (Å²) in [5, 5.41) is 0.307. The van der Waals surface area contributed by atoms with Gasteiger partial charge in [-0.05, 0) is 43.4 Å². The summed E-state index contributed by atoms with van der Waals surface area (Å²) in [5.74, 6) is -3.66. The summed E-state index contributed by atoms with van der Waals surface area (Å²) in [4.78, 5) is 0. The first kappa shape index (κ1) is 25.1. The van der Waals surface area contributed by atoms with Gasteiger partial charge in [0.1, 0.15) is 4.21 Å². The van der Waals surface area contributed by atoms with E-state index >= 15 is 0 Å². The molecule has 0 unspecified atom stereocenters. The maximum absolute atomic E-state index is 13.7. The minimum absolute atomic E-state index is 0.0294. The average molecular weight is 488 g/mol. The predicted octanol–water partition coefficient (Wildman–Crippen LogP) is 4.04. The lowest BCUT2D eigenvalue weighted by Gasteiger charge is -2.24. The highest BCUT2D eigenvalue weighted by atomic mass is 32.2. The van der Waals surface area contributed by atoms with Crippen LogP contribution in [0.3, 0.4) is 0 Å². The second-order valence-electron chi connectivity index (χ2n) is 7.04. The Labute approximate surface area is 178 Å². The molecule has 6 nitrogen and oxygen atoms in total. The first-order valence-electron chi connectivity index (χ1n) is 9.08. The third-order valence-electron chi connectivity index (χ3n) is 4.33. The van der Waals surface area contributed by atoms with Gasteiger partial charge in [0.15, 0.2) is 6.67 Å². The fourth-order valence-corrected chi connectivity index (χ4v) is 7.19. The smallest absolute Gasteiger partial charge is 0.266 e. The lowest BCUT2D eigenvalue weighted by Crippen LogP contribution is -2.38. The van der Waals surface area contributed by atoms with Gasteiger partial charge in [-0.3, -0.25) is 4.18 Å². The SMILES string of the molecule is CCCN(C[C@H](C)OS(C)(=O)=O)S(=O)(=O)c1sc2ccc(C(F)(F)CF)cc2c1C. The first-order valence-corrected chi connectivity index (χ1v) is 13.2. The molecule has 0 saturated carbocycles. The molecular weight excluding hydrogens is 463 g/mol. The monoisotopic (exact) mass is 487 g/mol. The van der Waals surface area contributed by atoms with Gasteiger partial charge in [-0.1, -0.05) is 13.0 Å². The molecule has 1 heterocycles. The van der Waals surface area contributed by atoms with Gasteiger partial charge < -0.3 is 0 Å². The van der Waals surface area contributed by atoms with E-state index in [0.717, 1.165) is 34.0 Å². The molecule has 0 amide bonds. The normalized spacial score (nSPS) is 14.5. The van der Waals surface area contributed by atoms with Crippen molar-refractivity contribution in [3.63, 3.8) is 0 Å². The Kier molecular flexibility index (Phi) is 7.61. The van der Waals surface area contributed by atoms with Crippen LogP contribution in [0.25, 0.3) is 10.1 Å². The summed E-state index contributed by atoms with van der Waals surface area (Å²) in [6.45, 7) is 2.80. The number of benzene rings is 1. The summed E-state index contributed by atoms with van der Waals surface area (Å²) >= 11 is 0.925. The summed E-state index contributed by atoms with van der Waals surface area (Å²) < 4.78 is 95.8. The van der Waals surface area contributed by atoms with Crippen LogP contribution in [-0.4, -0.2) is 53.3 Å². The molecule has 2 aromatic rings. The van der Waals surface area contributed by atoms with Crippen LogP contribution in [0.4, 0.5) is 13.2 Å². The number of thiophene rings is 1. The van der Waals surface area contributed by atoms with Crippen molar-refractivity contribution >= 4 is 41.6 Å². The Morgan fingerprint density at radius 3 is 2.40 bits per heavy atom. The number of alkyl halides is 3. The van der Waals surface area contributed by atoms with Crippen LogP contribution in [0.15, 0.2) is 22.4 Å². The van der Waals surface area contributed by atoms with Crippen LogP contribution in [0.1, 0.15) is 31.4 Å². The van der Waals surface area contributed by atoms with Crippen molar-refractivity contribution in [2.45, 2.75) is 43.4 Å². The molecule has 0 aliphatic rings. The molecule has 0 fully saturated rings. The Morgan fingerprint density at radius 2 is 1.87 bits per heavy atom. The molecule has 30 heavy (non-hydrogen) atoms. The Balaban J connectivity index is 2.49. The second-order valence-corrected chi connectivity index (χ2v) is 11.8. The summed E-state index contributed by atoms with van der Waals surface area (Å²) in [7, 11) is -7.81. The zero-order valence-corrected chi connectivity index (χ0v) is 19.4. The number of rotatable bonds is 10. The number of aryl methyl sites for hydroxylation is 1. The zero-order chi connectivity index (χ0) is 22.9. The molecule has 1 atom stereocenters. The molecule has 0 N–H and O–H groups in total. The zero-order valence-electron chi connectivity index (χ0n) is 17.0. The van der Waals surface area contributed by atoms with Gasteiger partial charge in [-0.15, -0.1) is 11.3 Å². The fourth-order valence-electron chi connectivity index (χ4n) is 3.04. The topological polar surface area (TPSA) is 80.8 Å². The molecule has 1 aromatic carbocycles. The summed E-state index contributed by atoms with van der Waals surface area (Å²) in [6.07, 6.45) is 0.441. The van der Waals surface area contributed by atoms with Crippen LogP contribution < -0.4 is 0 Å². The number of nitrogens with zero attached hydrogens (tertiary/aromatic N) is 1. The molecule has 0 aliphatic heterocycles. The lowest BCUT2D eigenvalue weighted by molar-refractivity contribution is -0.0279. The highest BCUT2D eigenvalue weighted by molar-refractivity contribution is 7.91. The Morgan fingerprint density at radius 1 is 1.23 bits per heavy atom. The molecule has 170 valence electrons. The van der Waals surface area contributed by atoms with Crippen molar-refractivity contribution in [1.82, 2.24) is 4.31 Å². The van der Waals surface area contributed by atoms with Crippen LogP contribution >= 0.6 is 11.3 Å². The third-order valence-corrected chi connectivity index (χ3v) is 8.74. The van der Waals surface area contributed by atoms with Crippen molar-refractivity contribution in [2.75, 3.05) is 26.0 Å². The molecule has 0 spiro atoms. The highest BCUT2D eigenvalue weighted by Gasteiger charge is 2.34. The van der Waals surface area contributed by atoms with Gasteiger partial charge in [0.25, 0.3) is 20.1 Å². The summed E-state index contributed by atoms with van der Waals surface area (Å²) in [6, 6.07) is 3.55. The molecule has 0 bridgehead atoms. The predicted molar refractivity (Wildman–Crippen MR) is 111 cm³/mol. The van der Waals surface area contributed by atoms with Gasteiger partial charge in [-0.2, -0.15) is 21.5 Å². The number of hydrogen-bond donors (Lipinski definition) is 0. The fraction of sp³-hybridized carbons (Fsp3) is 0.556. The van der Waals surface area contributed by atoms with Crippen LogP contribution in [0.2, 0.25) is 0 Å². The van der Waals surface area contributed by atoms with Crippen molar-refractivity contribution in [2.24, 2.45) is 0 Å². The average Bonchev–Trinajstić information content (AvgIpc) is 2.97. The molecule has 0 saturated heterocycles. The van der Waals surface area contributed by atoms with E-state index in [9.17, 15) is 30.0 Å². The molecule has 1 aromatic heterocycles. The minimum atomic E-state index is -4.04. The van der Waals surface area contributed by atoms with Gasteiger partial charge in [0.05, 0.1) is 12.4 Å². The van der Waals surface area contributed by atoms with E-state index < -0.39 is 44.4 Å². The minimum Gasteiger partial charge on any atom is -0.266 e. The lowest BCUT2D eigenvalue weighted by atomic mass is 10.1. The van der Waals surface area contributed by atoms with E-state index in [-0.39, 0.29) is 22.9 Å². The van der Waals surface area contributed by atoms with Crippen LogP contribution in [0, 0.1) is 6.92 Å². The summed E-state index contributed by atoms with van der Waals surface area (Å²) in [5.41, 5.74) is -0.243. The molecule has 12 heteroatoms. The largest absolute Gasteiger partial charge is 0.301 e. The van der Waals surface area contributed by atoms with Gasteiger partial charge >= 0.3 is 5.92 Å². The first-order chi connectivity index (χ1) is 13.7. The number of sulfonamides is 1. The number of fused-ring (bicyclic) bond motifs is 1. The maximum atomic E-state index is 13.7. The van der Waals surface area contributed by atoms with E-state index in [1.165, 1.54) is 19.9 Å². The maximum Gasteiger partial charge on any atom is 0.301 e. The van der Waals surface area contributed by atoms with Crippen molar-refractivity contribution in [3.8, 4) is 0 Å². The van der Waals surface area contributed by atoms with E-state index in [0.29, 0.717) is 16.5 Å². The van der Waals surface area contributed by atoms with Crippen LogP contribution in [-0.2, 0) is 30.2 Å². The van der Waals surface area contributed by atoms with E-state index in [1.807, 2.05) is 0 Å². The Hall–Kier alpha value is -1.21. The van der Waals surface area contributed by atoms with Gasteiger partial charge in [0.2, 0.25) is 0 Å². The van der Waals surface area contributed by atoms with Crippen LogP contribution in [0.5, 0.6) is 0 Å². The van der Waals surface area contributed by atoms with Crippen molar-refractivity contribution in [1.29, 1.82) is 0 Å². The molecule has 2 rings (SSSR count). The van der Waals surface area contributed by atoms with Gasteiger partial charge in [-0.25, -0.2) is 12.8 Å². The second kappa shape index (κ2) is 9.11. The van der Waals surface area contributed by atoms with Crippen molar-refractivity contribution < 1.29 is 34.2 Å². The van der Waals surface area contributed by atoms with Gasteiger partial charge in [0, 0.05) is 23.4 Å². The van der Waals surface area contributed by atoms with E-state index in [4.69, 9.17) is 4.18 Å². The molecular formula is C18H24F3NO5S3. The highest BCUT2D eigenvalue weighted by Crippen LogP contribution is 2.39. The number of hydrogen-bond acceptors (Lipinski definition) is 6. The molecule has 0 radical (unpaired) electrons. The van der Waals surface area contributed by atoms with Crippen molar-refractivity contribution in [3.05, 3.63) is 29.3 Å². The Bertz CT molecular complexity index is 1110. The van der Waals surface area contributed by atoms with E-state index in [2.05, 4.69) is 0 Å². The standard InChI is InChI=1S/C18H24F3NO5S3/c1-5-8-22(10-12(2)27-29(4,23)24)30(25,26)17-13(3)15-9-14(18(20,21)11-19)6-7-16(15)28-17/h6-7,9,12H,5,8,10-11H2,1-4H3/t12-/m0/s1. The molecule has 0 aliphatic carbocycles. The number of halogens is 3. The third kappa shape index (κ3) is 5.52.